The summed E-state index contributed by atoms with van der Waals surface area (Å²) in [6, 6.07) is 11.7. The molecule has 0 amide bonds. The molecule has 0 unspecified atom stereocenters. The molecule has 0 saturated heterocycles. The number of nitrogens with two attached hydrogens (primary N) is 1. The number of benzene rings is 1. The van der Waals surface area contributed by atoms with Gasteiger partial charge in [-0.2, -0.15) is 0 Å². The number of rotatable bonds is 5. The van der Waals surface area contributed by atoms with E-state index in [0.717, 1.165) is 17.8 Å². The molecule has 0 aliphatic rings. The third-order valence-corrected chi connectivity index (χ3v) is 3.26. The van der Waals surface area contributed by atoms with Crippen LogP contribution in [0.1, 0.15) is 27.2 Å². The molecule has 4 N–H and O–H groups in total. The van der Waals surface area contributed by atoms with Crippen LogP contribution in [0, 0.1) is 0 Å². The summed E-state index contributed by atoms with van der Waals surface area (Å²) in [5, 5.41) is 3.41. The molecule has 2 aromatic rings. The van der Waals surface area contributed by atoms with Gasteiger partial charge in [0.25, 0.3) is 0 Å². The van der Waals surface area contributed by atoms with E-state index in [4.69, 9.17) is 5.84 Å². The first-order valence-electron chi connectivity index (χ1n) is 6.73. The fourth-order valence-corrected chi connectivity index (χ4v) is 1.74. The Morgan fingerprint density at radius 1 is 1.10 bits per heavy atom. The Balaban J connectivity index is 2.39. The van der Waals surface area contributed by atoms with Gasteiger partial charge in [0.2, 0.25) is 0 Å². The van der Waals surface area contributed by atoms with Gasteiger partial charge in [-0.1, -0.05) is 37.3 Å². The van der Waals surface area contributed by atoms with E-state index in [0.29, 0.717) is 11.6 Å². The van der Waals surface area contributed by atoms with Crippen LogP contribution in [-0.4, -0.2) is 15.5 Å². The van der Waals surface area contributed by atoms with Crippen molar-refractivity contribution in [2.24, 2.45) is 5.84 Å². The first-order chi connectivity index (χ1) is 9.54. The Morgan fingerprint density at radius 3 is 2.35 bits per heavy atom. The number of nitrogens with one attached hydrogen (secondary N) is 2. The lowest BCUT2D eigenvalue weighted by atomic mass is 10.0. The molecule has 0 saturated carbocycles. The quantitative estimate of drug-likeness (QED) is 0.575. The van der Waals surface area contributed by atoms with E-state index in [1.54, 1.807) is 0 Å². The Labute approximate surface area is 119 Å². The first kappa shape index (κ1) is 14.3. The lowest BCUT2D eigenvalue weighted by Crippen LogP contribution is -2.30. The molecule has 0 aliphatic carbocycles. The van der Waals surface area contributed by atoms with E-state index >= 15 is 0 Å². The minimum absolute atomic E-state index is 0.0336. The Kier molecular flexibility index (Phi) is 4.20. The van der Waals surface area contributed by atoms with Crippen LogP contribution < -0.4 is 16.6 Å². The number of hydrogen-bond donors (Lipinski definition) is 3. The molecular formula is C15H21N5. The minimum atomic E-state index is -0.0336. The minimum Gasteiger partial charge on any atom is -0.365 e. The number of nitrogen functional groups attached to an aromatic ring is 1. The first-order valence-corrected chi connectivity index (χ1v) is 6.73. The highest BCUT2D eigenvalue weighted by Crippen LogP contribution is 2.22. The van der Waals surface area contributed by atoms with Gasteiger partial charge in [0.05, 0.1) is 0 Å². The predicted molar refractivity (Wildman–Crippen MR) is 83.3 cm³/mol. The summed E-state index contributed by atoms with van der Waals surface area (Å²) in [6.07, 6.45) is 0.989. The second-order valence-corrected chi connectivity index (χ2v) is 5.33. The fraction of sp³-hybridized carbons (Fsp3) is 0.333. The van der Waals surface area contributed by atoms with Crippen LogP contribution >= 0.6 is 0 Å². The normalized spacial score (nSPS) is 11.2. The third kappa shape index (κ3) is 3.45. The molecule has 0 fully saturated rings. The maximum Gasteiger partial charge on any atom is 0.163 e. The van der Waals surface area contributed by atoms with Crippen molar-refractivity contribution in [2.75, 3.05) is 10.7 Å². The molecule has 0 atom stereocenters. The van der Waals surface area contributed by atoms with Crippen LogP contribution in [0.25, 0.3) is 11.4 Å². The van der Waals surface area contributed by atoms with Crippen LogP contribution in [0.2, 0.25) is 0 Å². The molecule has 5 nitrogen and oxygen atoms in total. The average Bonchev–Trinajstić information content (AvgIpc) is 2.47. The van der Waals surface area contributed by atoms with Gasteiger partial charge in [0.1, 0.15) is 11.6 Å². The fourth-order valence-electron chi connectivity index (χ4n) is 1.74. The summed E-state index contributed by atoms with van der Waals surface area (Å²) in [5.41, 5.74) is 3.52. The molecule has 1 heterocycles. The van der Waals surface area contributed by atoms with Crippen molar-refractivity contribution in [3.8, 4) is 11.4 Å². The molecule has 0 spiro atoms. The summed E-state index contributed by atoms with van der Waals surface area (Å²) in [5.74, 6) is 7.50. The molecule has 2 rings (SSSR count). The Morgan fingerprint density at radius 2 is 1.75 bits per heavy atom. The lowest BCUT2D eigenvalue weighted by Gasteiger charge is -2.25. The van der Waals surface area contributed by atoms with Crippen LogP contribution in [-0.2, 0) is 0 Å². The number of nitrogens with zero attached hydrogens (tertiary/aromatic N) is 2. The van der Waals surface area contributed by atoms with Crippen LogP contribution in [0.15, 0.2) is 36.4 Å². The van der Waals surface area contributed by atoms with Crippen molar-refractivity contribution in [2.45, 2.75) is 32.7 Å². The van der Waals surface area contributed by atoms with Crippen LogP contribution in [0.4, 0.5) is 11.6 Å². The second kappa shape index (κ2) is 5.88. The molecule has 1 aromatic heterocycles. The SMILES string of the molecule is CCC(C)(C)Nc1cc(NN)nc(-c2ccccc2)n1. The van der Waals surface area contributed by atoms with Gasteiger partial charge in [-0.3, -0.25) is 0 Å². The molecule has 20 heavy (non-hydrogen) atoms. The van der Waals surface area contributed by atoms with Crippen LogP contribution in [0.3, 0.4) is 0 Å². The standard InChI is InChI=1S/C15H21N5/c1-4-15(2,3)19-12-10-13(20-16)18-14(17-12)11-8-6-5-7-9-11/h5-10H,4,16H2,1-3H3,(H2,17,18,19,20). The van der Waals surface area contributed by atoms with Gasteiger partial charge < -0.3 is 10.7 Å². The molecule has 1 aromatic carbocycles. The molecule has 5 heteroatoms. The monoisotopic (exact) mass is 271 g/mol. The number of hydrazine groups is 1. The van der Waals surface area contributed by atoms with E-state index in [1.165, 1.54) is 0 Å². The molecule has 106 valence electrons. The third-order valence-electron chi connectivity index (χ3n) is 3.26. The zero-order chi connectivity index (χ0) is 14.6. The maximum absolute atomic E-state index is 5.49. The van der Waals surface area contributed by atoms with Crippen molar-refractivity contribution >= 4 is 11.6 Å². The smallest absolute Gasteiger partial charge is 0.163 e. The predicted octanol–water partition coefficient (Wildman–Crippen LogP) is 3.03. The topological polar surface area (TPSA) is 75.9 Å². The average molecular weight is 271 g/mol. The van der Waals surface area contributed by atoms with E-state index in [2.05, 4.69) is 41.5 Å². The van der Waals surface area contributed by atoms with E-state index in [9.17, 15) is 0 Å². The maximum atomic E-state index is 5.49. The zero-order valence-electron chi connectivity index (χ0n) is 12.1. The second-order valence-electron chi connectivity index (χ2n) is 5.33. The summed E-state index contributed by atoms with van der Waals surface area (Å²) < 4.78 is 0. The van der Waals surface area contributed by atoms with Crippen molar-refractivity contribution in [1.82, 2.24) is 9.97 Å². The van der Waals surface area contributed by atoms with Gasteiger partial charge in [0, 0.05) is 17.2 Å². The van der Waals surface area contributed by atoms with Gasteiger partial charge in [-0.05, 0) is 20.3 Å². The van der Waals surface area contributed by atoms with E-state index in [1.807, 2.05) is 36.4 Å². The molecule has 0 aliphatic heterocycles. The largest absolute Gasteiger partial charge is 0.365 e. The molecule has 0 bridgehead atoms. The summed E-state index contributed by atoms with van der Waals surface area (Å²) in [4.78, 5) is 8.96. The van der Waals surface area contributed by atoms with E-state index < -0.39 is 0 Å². The number of aromatic nitrogens is 2. The highest BCUT2D eigenvalue weighted by Gasteiger charge is 2.16. The van der Waals surface area contributed by atoms with Crippen LogP contribution in [0.5, 0.6) is 0 Å². The van der Waals surface area contributed by atoms with E-state index in [-0.39, 0.29) is 5.54 Å². The van der Waals surface area contributed by atoms with Gasteiger partial charge >= 0.3 is 0 Å². The number of anilines is 2. The van der Waals surface area contributed by atoms with Crippen molar-refractivity contribution in [1.29, 1.82) is 0 Å². The highest BCUT2D eigenvalue weighted by atomic mass is 15.3. The number of hydrogen-bond acceptors (Lipinski definition) is 5. The summed E-state index contributed by atoms with van der Waals surface area (Å²) in [6.45, 7) is 6.40. The summed E-state index contributed by atoms with van der Waals surface area (Å²) in [7, 11) is 0. The van der Waals surface area contributed by atoms with Crippen molar-refractivity contribution < 1.29 is 0 Å². The Bertz CT molecular complexity index is 566. The molecule has 0 radical (unpaired) electrons. The van der Waals surface area contributed by atoms with Gasteiger partial charge in [-0.15, -0.1) is 0 Å². The highest BCUT2D eigenvalue weighted by molar-refractivity contribution is 5.61. The van der Waals surface area contributed by atoms with Gasteiger partial charge in [-0.25, -0.2) is 15.8 Å². The summed E-state index contributed by atoms with van der Waals surface area (Å²) >= 11 is 0. The lowest BCUT2D eigenvalue weighted by molar-refractivity contribution is 0.545. The molecular weight excluding hydrogens is 250 g/mol. The van der Waals surface area contributed by atoms with Crippen molar-refractivity contribution in [3.63, 3.8) is 0 Å². The van der Waals surface area contributed by atoms with Crippen molar-refractivity contribution in [3.05, 3.63) is 36.4 Å². The Hall–Kier alpha value is -2.14. The van der Waals surface area contributed by atoms with Gasteiger partial charge in [0.15, 0.2) is 5.82 Å². The zero-order valence-corrected chi connectivity index (χ0v) is 12.1.